The summed E-state index contributed by atoms with van der Waals surface area (Å²) in [6.07, 6.45) is 2.83. The molecule has 0 aliphatic carbocycles. The summed E-state index contributed by atoms with van der Waals surface area (Å²) in [5.74, 6) is 0. The van der Waals surface area contributed by atoms with Crippen molar-refractivity contribution < 1.29 is 9.47 Å². The van der Waals surface area contributed by atoms with E-state index in [1.807, 2.05) is 6.92 Å². The van der Waals surface area contributed by atoms with Crippen LogP contribution < -0.4 is 5.32 Å². The maximum absolute atomic E-state index is 5.78. The molecular formula is C12H27NO2. The maximum Gasteiger partial charge on any atom is 0.0784 e. The van der Waals surface area contributed by atoms with Crippen LogP contribution in [0.5, 0.6) is 0 Å². The average molecular weight is 217 g/mol. The number of nitrogens with one attached hydrogen (secondary N) is 1. The standard InChI is InChI=1S/C12H27NO2/c1-5-13-9-7-8-11(3)15-12(4)10-14-6-2/h11-13H,5-10H2,1-4H3. The average Bonchev–Trinajstić information content (AvgIpc) is 2.21. The fourth-order valence-corrected chi connectivity index (χ4v) is 1.48. The number of rotatable bonds is 10. The molecule has 0 saturated heterocycles. The highest BCUT2D eigenvalue weighted by molar-refractivity contribution is 4.56. The van der Waals surface area contributed by atoms with Crippen LogP contribution in [0.25, 0.3) is 0 Å². The minimum atomic E-state index is 0.207. The quantitative estimate of drug-likeness (QED) is 0.569. The van der Waals surface area contributed by atoms with E-state index >= 15 is 0 Å². The van der Waals surface area contributed by atoms with E-state index in [1.165, 1.54) is 6.42 Å². The minimum Gasteiger partial charge on any atom is -0.379 e. The Hall–Kier alpha value is -0.120. The van der Waals surface area contributed by atoms with Crippen molar-refractivity contribution in [2.75, 3.05) is 26.3 Å². The van der Waals surface area contributed by atoms with Crippen LogP contribution in [0.15, 0.2) is 0 Å². The van der Waals surface area contributed by atoms with Gasteiger partial charge in [0.1, 0.15) is 0 Å². The molecule has 1 N–H and O–H groups in total. The second-order valence-electron chi connectivity index (χ2n) is 3.91. The van der Waals surface area contributed by atoms with Gasteiger partial charge in [0, 0.05) is 6.61 Å². The fourth-order valence-electron chi connectivity index (χ4n) is 1.48. The Morgan fingerprint density at radius 1 is 1.13 bits per heavy atom. The van der Waals surface area contributed by atoms with Crippen LogP contribution in [0.4, 0.5) is 0 Å². The van der Waals surface area contributed by atoms with Crippen molar-refractivity contribution in [3.8, 4) is 0 Å². The van der Waals surface area contributed by atoms with Gasteiger partial charge in [-0.05, 0) is 46.7 Å². The highest BCUT2D eigenvalue weighted by Gasteiger charge is 2.07. The van der Waals surface area contributed by atoms with Crippen molar-refractivity contribution >= 4 is 0 Å². The van der Waals surface area contributed by atoms with Gasteiger partial charge in [-0.25, -0.2) is 0 Å². The molecule has 0 heterocycles. The molecule has 0 aliphatic heterocycles. The zero-order valence-electron chi connectivity index (χ0n) is 10.7. The van der Waals surface area contributed by atoms with E-state index in [4.69, 9.17) is 9.47 Å². The molecule has 0 aromatic rings. The molecule has 0 fully saturated rings. The molecule has 3 nitrogen and oxygen atoms in total. The van der Waals surface area contributed by atoms with Crippen LogP contribution in [-0.2, 0) is 9.47 Å². The SMILES string of the molecule is CCNCCCC(C)OC(C)COCC. The zero-order valence-corrected chi connectivity index (χ0v) is 10.7. The first-order valence-corrected chi connectivity index (χ1v) is 6.14. The summed E-state index contributed by atoms with van der Waals surface area (Å²) in [4.78, 5) is 0. The molecule has 0 aromatic heterocycles. The zero-order chi connectivity index (χ0) is 11.5. The third-order valence-electron chi connectivity index (χ3n) is 2.24. The van der Waals surface area contributed by atoms with Gasteiger partial charge in [-0.1, -0.05) is 6.92 Å². The van der Waals surface area contributed by atoms with Gasteiger partial charge in [-0.2, -0.15) is 0 Å². The van der Waals surface area contributed by atoms with Gasteiger partial charge in [0.15, 0.2) is 0 Å². The Kier molecular flexibility index (Phi) is 10.3. The Morgan fingerprint density at radius 2 is 1.87 bits per heavy atom. The lowest BCUT2D eigenvalue weighted by atomic mass is 10.2. The molecule has 0 bridgehead atoms. The van der Waals surface area contributed by atoms with E-state index in [2.05, 4.69) is 26.1 Å². The van der Waals surface area contributed by atoms with Crippen LogP contribution in [0, 0.1) is 0 Å². The van der Waals surface area contributed by atoms with Crippen molar-refractivity contribution in [2.24, 2.45) is 0 Å². The van der Waals surface area contributed by atoms with Crippen molar-refractivity contribution in [2.45, 2.75) is 52.7 Å². The number of hydrogen-bond donors (Lipinski definition) is 1. The van der Waals surface area contributed by atoms with Crippen LogP contribution in [0.2, 0.25) is 0 Å². The van der Waals surface area contributed by atoms with Gasteiger partial charge >= 0.3 is 0 Å². The number of hydrogen-bond acceptors (Lipinski definition) is 3. The molecule has 0 radical (unpaired) electrons. The van der Waals surface area contributed by atoms with E-state index in [1.54, 1.807) is 0 Å². The lowest BCUT2D eigenvalue weighted by Crippen LogP contribution is -2.23. The van der Waals surface area contributed by atoms with Crippen LogP contribution in [-0.4, -0.2) is 38.5 Å². The predicted octanol–water partition coefficient (Wildman–Crippen LogP) is 2.21. The molecule has 0 spiro atoms. The van der Waals surface area contributed by atoms with E-state index in [0.717, 1.165) is 26.1 Å². The van der Waals surface area contributed by atoms with Crippen molar-refractivity contribution in [1.29, 1.82) is 0 Å². The topological polar surface area (TPSA) is 30.5 Å². The molecule has 0 aliphatic rings. The summed E-state index contributed by atoms with van der Waals surface area (Å²) < 4.78 is 11.1. The van der Waals surface area contributed by atoms with Gasteiger partial charge < -0.3 is 14.8 Å². The molecule has 0 rings (SSSR count). The molecule has 0 aromatic carbocycles. The summed E-state index contributed by atoms with van der Waals surface area (Å²) in [6.45, 7) is 11.9. The minimum absolute atomic E-state index is 0.207. The first kappa shape index (κ1) is 14.9. The second-order valence-corrected chi connectivity index (χ2v) is 3.91. The molecule has 0 saturated carbocycles. The predicted molar refractivity (Wildman–Crippen MR) is 64.3 cm³/mol. The third kappa shape index (κ3) is 10.2. The molecule has 15 heavy (non-hydrogen) atoms. The largest absolute Gasteiger partial charge is 0.379 e. The Bertz CT molecular complexity index is 131. The van der Waals surface area contributed by atoms with E-state index in [-0.39, 0.29) is 6.10 Å². The van der Waals surface area contributed by atoms with Crippen molar-refractivity contribution in [3.63, 3.8) is 0 Å². The summed E-state index contributed by atoms with van der Waals surface area (Å²) in [6, 6.07) is 0. The Morgan fingerprint density at radius 3 is 2.47 bits per heavy atom. The maximum atomic E-state index is 5.78. The molecule has 92 valence electrons. The Labute approximate surface area is 94.5 Å². The highest BCUT2D eigenvalue weighted by atomic mass is 16.5. The van der Waals surface area contributed by atoms with Crippen molar-refractivity contribution in [1.82, 2.24) is 5.32 Å². The van der Waals surface area contributed by atoms with Gasteiger partial charge in [-0.15, -0.1) is 0 Å². The molecule has 2 unspecified atom stereocenters. The van der Waals surface area contributed by atoms with E-state index < -0.39 is 0 Å². The summed E-state index contributed by atoms with van der Waals surface area (Å²) in [7, 11) is 0. The Balaban J connectivity index is 3.33. The summed E-state index contributed by atoms with van der Waals surface area (Å²) in [5, 5.41) is 3.31. The molecular weight excluding hydrogens is 190 g/mol. The first-order valence-electron chi connectivity index (χ1n) is 6.14. The first-order chi connectivity index (χ1) is 7.20. The number of ether oxygens (including phenoxy) is 2. The van der Waals surface area contributed by atoms with Gasteiger partial charge in [0.2, 0.25) is 0 Å². The van der Waals surface area contributed by atoms with Crippen LogP contribution in [0.3, 0.4) is 0 Å². The van der Waals surface area contributed by atoms with E-state index in [9.17, 15) is 0 Å². The van der Waals surface area contributed by atoms with Gasteiger partial charge in [-0.3, -0.25) is 0 Å². The smallest absolute Gasteiger partial charge is 0.0784 e. The summed E-state index contributed by atoms with van der Waals surface area (Å²) >= 11 is 0. The third-order valence-corrected chi connectivity index (χ3v) is 2.24. The van der Waals surface area contributed by atoms with Crippen LogP contribution >= 0.6 is 0 Å². The monoisotopic (exact) mass is 217 g/mol. The van der Waals surface area contributed by atoms with E-state index in [0.29, 0.717) is 12.7 Å². The van der Waals surface area contributed by atoms with Crippen LogP contribution in [0.1, 0.15) is 40.5 Å². The van der Waals surface area contributed by atoms with Crippen molar-refractivity contribution in [3.05, 3.63) is 0 Å². The van der Waals surface area contributed by atoms with Gasteiger partial charge in [0.25, 0.3) is 0 Å². The molecule has 3 heteroatoms. The molecule has 2 atom stereocenters. The second kappa shape index (κ2) is 10.4. The van der Waals surface area contributed by atoms with Gasteiger partial charge in [0.05, 0.1) is 18.8 Å². The lowest BCUT2D eigenvalue weighted by Gasteiger charge is -2.19. The fraction of sp³-hybridized carbons (Fsp3) is 1.00. The highest BCUT2D eigenvalue weighted by Crippen LogP contribution is 2.05. The molecule has 0 amide bonds. The summed E-state index contributed by atoms with van der Waals surface area (Å²) in [5.41, 5.74) is 0. The lowest BCUT2D eigenvalue weighted by molar-refractivity contribution is -0.0422. The normalized spacial score (nSPS) is 15.2.